The Hall–Kier alpha value is -1.97. The van der Waals surface area contributed by atoms with Crippen molar-refractivity contribution in [3.63, 3.8) is 0 Å². The molecule has 0 fully saturated rings. The summed E-state index contributed by atoms with van der Waals surface area (Å²) in [6.45, 7) is 0. The minimum absolute atomic E-state index is 0.562. The molecule has 1 N–H and O–H groups in total. The lowest BCUT2D eigenvalue weighted by Crippen LogP contribution is -2.04. The summed E-state index contributed by atoms with van der Waals surface area (Å²) in [4.78, 5) is 0. The number of rotatable bonds is 2. The maximum absolute atomic E-state index is 12.6. The van der Waals surface area contributed by atoms with Crippen LogP contribution in [0.15, 0.2) is 48.5 Å². The minimum Gasteiger partial charge on any atom is -0.388 e. The molecule has 0 saturated heterocycles. The van der Waals surface area contributed by atoms with Crippen molar-refractivity contribution in [3.8, 4) is 11.1 Å². The zero-order chi connectivity index (χ0) is 13.2. The maximum atomic E-state index is 12.6. The molecule has 2 rings (SSSR count). The van der Waals surface area contributed by atoms with E-state index < -0.39 is 11.7 Å². The summed E-state index contributed by atoms with van der Waals surface area (Å²) in [6.07, 6.45) is -4.30. The number of nitrogens with one attached hydrogen (secondary N) is 1. The van der Waals surface area contributed by atoms with Gasteiger partial charge in [-0.3, -0.25) is 0 Å². The Balaban J connectivity index is 2.38. The molecule has 0 saturated carbocycles. The van der Waals surface area contributed by atoms with Crippen LogP contribution < -0.4 is 5.32 Å². The maximum Gasteiger partial charge on any atom is 0.416 e. The van der Waals surface area contributed by atoms with Crippen molar-refractivity contribution in [1.29, 1.82) is 0 Å². The van der Waals surface area contributed by atoms with Crippen LogP contribution in [-0.2, 0) is 6.18 Å². The predicted molar refractivity (Wildman–Crippen MR) is 66.4 cm³/mol. The van der Waals surface area contributed by atoms with Crippen LogP contribution in [0, 0.1) is 0 Å². The zero-order valence-corrected chi connectivity index (χ0v) is 9.75. The molecular weight excluding hydrogens is 239 g/mol. The summed E-state index contributed by atoms with van der Waals surface area (Å²) in [5, 5.41) is 2.96. The molecule has 2 aromatic rings. The van der Waals surface area contributed by atoms with Gasteiger partial charge in [0, 0.05) is 12.7 Å². The van der Waals surface area contributed by atoms with Crippen LogP contribution in [0.3, 0.4) is 0 Å². The van der Waals surface area contributed by atoms with Crippen LogP contribution in [0.1, 0.15) is 5.56 Å². The van der Waals surface area contributed by atoms with Crippen molar-refractivity contribution in [2.24, 2.45) is 0 Å². The smallest absolute Gasteiger partial charge is 0.388 e. The SMILES string of the molecule is CNc1ccc(-c2cccc(C(F)(F)F)c2)cc1. The molecular formula is C14H12F3N. The summed E-state index contributed by atoms with van der Waals surface area (Å²) in [5.41, 5.74) is 1.62. The Morgan fingerprint density at radius 1 is 0.889 bits per heavy atom. The summed E-state index contributed by atoms with van der Waals surface area (Å²) < 4.78 is 37.8. The highest BCUT2D eigenvalue weighted by molar-refractivity contribution is 5.66. The van der Waals surface area contributed by atoms with E-state index in [1.807, 2.05) is 12.1 Å². The average Bonchev–Trinajstić information content (AvgIpc) is 2.38. The molecule has 0 amide bonds. The minimum atomic E-state index is -4.30. The predicted octanol–water partition coefficient (Wildman–Crippen LogP) is 4.41. The van der Waals surface area contributed by atoms with Gasteiger partial charge in [-0.05, 0) is 35.4 Å². The number of alkyl halides is 3. The van der Waals surface area contributed by atoms with Crippen molar-refractivity contribution in [2.45, 2.75) is 6.18 Å². The van der Waals surface area contributed by atoms with Crippen molar-refractivity contribution in [2.75, 3.05) is 12.4 Å². The Bertz CT molecular complexity index is 529. The molecule has 2 aromatic carbocycles. The first-order valence-corrected chi connectivity index (χ1v) is 5.46. The van der Waals surface area contributed by atoms with Crippen LogP contribution >= 0.6 is 0 Å². The van der Waals surface area contributed by atoms with Gasteiger partial charge in [0.2, 0.25) is 0 Å². The molecule has 0 spiro atoms. The van der Waals surface area contributed by atoms with Crippen molar-refractivity contribution in [3.05, 3.63) is 54.1 Å². The van der Waals surface area contributed by atoms with E-state index in [4.69, 9.17) is 0 Å². The van der Waals surface area contributed by atoms with E-state index in [2.05, 4.69) is 5.32 Å². The second kappa shape index (κ2) is 4.72. The fourth-order valence-electron chi connectivity index (χ4n) is 1.70. The van der Waals surface area contributed by atoms with Crippen LogP contribution in [-0.4, -0.2) is 7.05 Å². The van der Waals surface area contributed by atoms with Gasteiger partial charge in [0.05, 0.1) is 5.56 Å². The number of benzene rings is 2. The van der Waals surface area contributed by atoms with E-state index in [0.29, 0.717) is 5.56 Å². The average molecular weight is 251 g/mol. The van der Waals surface area contributed by atoms with Gasteiger partial charge in [0.1, 0.15) is 0 Å². The second-order valence-electron chi connectivity index (χ2n) is 3.91. The lowest BCUT2D eigenvalue weighted by atomic mass is 10.0. The van der Waals surface area contributed by atoms with Gasteiger partial charge in [-0.15, -0.1) is 0 Å². The quantitative estimate of drug-likeness (QED) is 0.833. The van der Waals surface area contributed by atoms with Gasteiger partial charge in [0.25, 0.3) is 0 Å². The monoisotopic (exact) mass is 251 g/mol. The Morgan fingerprint density at radius 3 is 2.11 bits per heavy atom. The van der Waals surface area contributed by atoms with Gasteiger partial charge < -0.3 is 5.32 Å². The number of halogens is 3. The van der Waals surface area contributed by atoms with Crippen molar-refractivity contribution in [1.82, 2.24) is 0 Å². The van der Waals surface area contributed by atoms with Crippen LogP contribution in [0.2, 0.25) is 0 Å². The Kier molecular flexibility index (Phi) is 3.28. The molecule has 4 heteroatoms. The standard InChI is InChI=1S/C14H12F3N/c1-18-13-7-5-10(6-8-13)11-3-2-4-12(9-11)14(15,16)17/h2-9,18H,1H3. The summed E-state index contributed by atoms with van der Waals surface area (Å²) in [5.74, 6) is 0. The molecule has 0 atom stereocenters. The highest BCUT2D eigenvalue weighted by Crippen LogP contribution is 2.32. The first-order chi connectivity index (χ1) is 8.50. The van der Waals surface area contributed by atoms with Crippen LogP contribution in [0.4, 0.5) is 18.9 Å². The van der Waals surface area contributed by atoms with Gasteiger partial charge in [-0.2, -0.15) is 13.2 Å². The Labute approximate surface area is 103 Å². The highest BCUT2D eigenvalue weighted by atomic mass is 19.4. The molecule has 0 unspecified atom stereocenters. The first-order valence-electron chi connectivity index (χ1n) is 5.46. The molecule has 0 radical (unpaired) electrons. The largest absolute Gasteiger partial charge is 0.416 e. The van der Waals surface area contributed by atoms with E-state index >= 15 is 0 Å². The highest BCUT2D eigenvalue weighted by Gasteiger charge is 2.30. The summed E-state index contributed by atoms with van der Waals surface area (Å²) >= 11 is 0. The molecule has 0 bridgehead atoms. The van der Waals surface area contributed by atoms with Gasteiger partial charge in [-0.25, -0.2) is 0 Å². The molecule has 0 aliphatic carbocycles. The number of hydrogen-bond acceptors (Lipinski definition) is 1. The Morgan fingerprint density at radius 2 is 1.56 bits per heavy atom. The van der Waals surface area contributed by atoms with Crippen molar-refractivity contribution < 1.29 is 13.2 Å². The fraction of sp³-hybridized carbons (Fsp3) is 0.143. The molecule has 0 aliphatic rings. The molecule has 1 nitrogen and oxygen atoms in total. The van der Waals surface area contributed by atoms with Crippen LogP contribution in [0.5, 0.6) is 0 Å². The number of hydrogen-bond donors (Lipinski definition) is 1. The summed E-state index contributed by atoms with van der Waals surface area (Å²) in [6, 6.07) is 12.6. The van der Waals surface area contributed by atoms with Gasteiger partial charge in [-0.1, -0.05) is 24.3 Å². The molecule has 0 aliphatic heterocycles. The lowest BCUT2D eigenvalue weighted by molar-refractivity contribution is -0.137. The third kappa shape index (κ3) is 2.64. The van der Waals surface area contributed by atoms with E-state index in [9.17, 15) is 13.2 Å². The molecule has 18 heavy (non-hydrogen) atoms. The van der Waals surface area contributed by atoms with E-state index in [-0.39, 0.29) is 0 Å². The molecule has 0 heterocycles. The fourth-order valence-corrected chi connectivity index (χ4v) is 1.70. The third-order valence-electron chi connectivity index (χ3n) is 2.70. The second-order valence-corrected chi connectivity index (χ2v) is 3.91. The normalized spacial score (nSPS) is 11.3. The number of anilines is 1. The van der Waals surface area contributed by atoms with Crippen molar-refractivity contribution >= 4 is 5.69 Å². The first kappa shape index (κ1) is 12.5. The van der Waals surface area contributed by atoms with E-state index in [1.54, 1.807) is 25.2 Å². The van der Waals surface area contributed by atoms with E-state index in [1.165, 1.54) is 6.07 Å². The third-order valence-corrected chi connectivity index (χ3v) is 2.70. The molecule has 0 aromatic heterocycles. The van der Waals surface area contributed by atoms with Gasteiger partial charge in [0.15, 0.2) is 0 Å². The summed E-state index contributed by atoms with van der Waals surface area (Å²) in [7, 11) is 1.79. The lowest BCUT2D eigenvalue weighted by Gasteiger charge is -2.09. The zero-order valence-electron chi connectivity index (χ0n) is 9.75. The topological polar surface area (TPSA) is 12.0 Å². The van der Waals surface area contributed by atoms with Gasteiger partial charge >= 0.3 is 6.18 Å². The van der Waals surface area contributed by atoms with E-state index in [0.717, 1.165) is 23.4 Å². The van der Waals surface area contributed by atoms with Crippen LogP contribution in [0.25, 0.3) is 11.1 Å². The molecule has 94 valence electrons.